The summed E-state index contributed by atoms with van der Waals surface area (Å²) < 4.78 is 47.6. The normalized spacial score (nSPS) is 11.2. The first-order valence-electron chi connectivity index (χ1n) is 9.34. The number of nitrogens with zero attached hydrogens (tertiary/aromatic N) is 2. The Hall–Kier alpha value is -4.00. The fraction of sp³-hybridized carbons (Fsp3) is 0.0435. The van der Waals surface area contributed by atoms with Crippen molar-refractivity contribution in [1.29, 1.82) is 5.26 Å². The Morgan fingerprint density at radius 1 is 1.06 bits per heavy atom. The SMILES string of the molecule is N#Cc1cc(-c2ccc(S(N)(=O)=O)cc2)c(-c2ccc(F)cc2)nc1OCc1ccco1. The first-order chi connectivity index (χ1) is 15.3. The molecule has 0 atom stereocenters. The first kappa shape index (κ1) is 21.2. The third kappa shape index (κ3) is 4.51. The fourth-order valence-electron chi connectivity index (χ4n) is 3.09. The van der Waals surface area contributed by atoms with Crippen molar-refractivity contribution in [2.45, 2.75) is 11.5 Å². The molecule has 2 aromatic heterocycles. The minimum atomic E-state index is -3.86. The van der Waals surface area contributed by atoms with Crippen LogP contribution in [0.15, 0.2) is 82.3 Å². The van der Waals surface area contributed by atoms with Gasteiger partial charge in [0.2, 0.25) is 15.9 Å². The van der Waals surface area contributed by atoms with Gasteiger partial charge in [0.25, 0.3) is 0 Å². The van der Waals surface area contributed by atoms with Crippen molar-refractivity contribution >= 4 is 10.0 Å². The molecule has 0 radical (unpaired) electrons. The van der Waals surface area contributed by atoms with Gasteiger partial charge in [-0.2, -0.15) is 5.26 Å². The number of furan rings is 1. The summed E-state index contributed by atoms with van der Waals surface area (Å²) in [6, 6.07) is 18.7. The van der Waals surface area contributed by atoms with Gasteiger partial charge in [0.05, 0.1) is 16.9 Å². The number of pyridine rings is 1. The number of hydrogen-bond donors (Lipinski definition) is 1. The zero-order chi connectivity index (χ0) is 22.7. The van der Waals surface area contributed by atoms with Gasteiger partial charge in [0.15, 0.2) is 0 Å². The monoisotopic (exact) mass is 449 g/mol. The van der Waals surface area contributed by atoms with E-state index in [9.17, 15) is 18.1 Å². The number of halogens is 1. The highest BCUT2D eigenvalue weighted by Gasteiger charge is 2.17. The molecule has 2 N–H and O–H groups in total. The minimum Gasteiger partial charge on any atom is -0.469 e. The van der Waals surface area contributed by atoms with E-state index < -0.39 is 15.8 Å². The van der Waals surface area contributed by atoms with E-state index in [2.05, 4.69) is 11.1 Å². The highest BCUT2D eigenvalue weighted by molar-refractivity contribution is 7.89. The average Bonchev–Trinajstić information content (AvgIpc) is 3.31. The fourth-order valence-corrected chi connectivity index (χ4v) is 3.61. The van der Waals surface area contributed by atoms with Gasteiger partial charge < -0.3 is 9.15 Å². The van der Waals surface area contributed by atoms with Crippen molar-refractivity contribution in [2.24, 2.45) is 5.14 Å². The van der Waals surface area contributed by atoms with Gasteiger partial charge in [-0.1, -0.05) is 12.1 Å². The lowest BCUT2D eigenvalue weighted by molar-refractivity contribution is 0.260. The summed E-state index contributed by atoms with van der Waals surface area (Å²) in [6.45, 7) is 0.0694. The van der Waals surface area contributed by atoms with Crippen LogP contribution in [0.2, 0.25) is 0 Å². The van der Waals surface area contributed by atoms with Gasteiger partial charge in [-0.25, -0.2) is 22.9 Å². The molecular formula is C23H16FN3O4S. The molecule has 0 saturated carbocycles. The molecule has 0 bridgehead atoms. The zero-order valence-electron chi connectivity index (χ0n) is 16.5. The van der Waals surface area contributed by atoms with Crippen molar-refractivity contribution < 1.29 is 22.0 Å². The van der Waals surface area contributed by atoms with Crippen LogP contribution < -0.4 is 9.88 Å². The smallest absolute Gasteiger partial charge is 0.238 e. The number of benzene rings is 2. The second-order valence-corrected chi connectivity index (χ2v) is 8.35. The molecule has 4 aromatic rings. The van der Waals surface area contributed by atoms with Crippen LogP contribution in [0.25, 0.3) is 22.4 Å². The van der Waals surface area contributed by atoms with Crippen LogP contribution in [0.5, 0.6) is 5.88 Å². The molecule has 0 spiro atoms. The molecule has 32 heavy (non-hydrogen) atoms. The van der Waals surface area contributed by atoms with Gasteiger partial charge in [0.1, 0.15) is 29.8 Å². The van der Waals surface area contributed by atoms with E-state index in [1.165, 1.54) is 30.5 Å². The maximum absolute atomic E-state index is 13.5. The summed E-state index contributed by atoms with van der Waals surface area (Å²) in [5.41, 5.74) is 2.33. The largest absolute Gasteiger partial charge is 0.469 e. The van der Waals surface area contributed by atoms with E-state index >= 15 is 0 Å². The van der Waals surface area contributed by atoms with Crippen LogP contribution >= 0.6 is 0 Å². The quantitative estimate of drug-likeness (QED) is 0.470. The Balaban J connectivity index is 1.84. The second-order valence-electron chi connectivity index (χ2n) is 6.79. The van der Waals surface area contributed by atoms with Crippen molar-refractivity contribution in [1.82, 2.24) is 4.98 Å². The molecule has 0 amide bonds. The number of nitriles is 1. The average molecular weight is 449 g/mol. The van der Waals surface area contributed by atoms with Crippen LogP contribution in [0.3, 0.4) is 0 Å². The number of nitrogens with two attached hydrogens (primary N) is 1. The summed E-state index contributed by atoms with van der Waals surface area (Å²) in [7, 11) is -3.86. The van der Waals surface area contributed by atoms with Crippen LogP contribution in [-0.2, 0) is 16.6 Å². The van der Waals surface area contributed by atoms with Gasteiger partial charge in [-0.05, 0) is 60.2 Å². The molecule has 4 rings (SSSR count). The van der Waals surface area contributed by atoms with E-state index in [0.717, 1.165) is 0 Å². The van der Waals surface area contributed by atoms with Gasteiger partial charge in [-0.15, -0.1) is 0 Å². The highest BCUT2D eigenvalue weighted by atomic mass is 32.2. The number of aromatic nitrogens is 1. The number of primary sulfonamides is 1. The Morgan fingerprint density at radius 3 is 2.34 bits per heavy atom. The molecule has 0 unspecified atom stereocenters. The van der Waals surface area contributed by atoms with Crippen LogP contribution in [0.1, 0.15) is 11.3 Å². The molecule has 7 nitrogen and oxygen atoms in total. The molecule has 0 aliphatic carbocycles. The third-order valence-corrected chi connectivity index (χ3v) is 5.58. The predicted octanol–water partition coefficient (Wildman–Crippen LogP) is 4.25. The lowest BCUT2D eigenvalue weighted by atomic mass is 9.98. The van der Waals surface area contributed by atoms with Crippen LogP contribution in [-0.4, -0.2) is 13.4 Å². The maximum Gasteiger partial charge on any atom is 0.238 e. The van der Waals surface area contributed by atoms with E-state index in [-0.39, 0.29) is 22.9 Å². The standard InChI is InChI=1S/C23H16FN3O4S/c24-18-7-3-16(4-8-18)22-21(15-5-9-20(10-6-15)32(26,28)29)12-17(13-25)23(27-22)31-14-19-2-1-11-30-19/h1-12H,14H2,(H2,26,28,29). The minimum absolute atomic E-state index is 0.0450. The summed E-state index contributed by atoms with van der Waals surface area (Å²) >= 11 is 0. The molecule has 0 aliphatic rings. The number of hydrogen-bond acceptors (Lipinski definition) is 6. The molecule has 9 heteroatoms. The number of rotatable bonds is 6. The van der Waals surface area contributed by atoms with Gasteiger partial charge in [-0.3, -0.25) is 0 Å². The Bertz CT molecular complexity index is 1390. The summed E-state index contributed by atoms with van der Waals surface area (Å²) in [5, 5.41) is 14.8. The summed E-state index contributed by atoms with van der Waals surface area (Å²) in [6.07, 6.45) is 1.51. The third-order valence-electron chi connectivity index (χ3n) is 4.65. The predicted molar refractivity (Wildman–Crippen MR) is 114 cm³/mol. The number of sulfonamides is 1. The van der Waals surface area contributed by atoms with Crippen molar-refractivity contribution in [3.63, 3.8) is 0 Å². The number of ether oxygens (including phenoxy) is 1. The van der Waals surface area contributed by atoms with E-state index in [1.54, 1.807) is 42.5 Å². The lowest BCUT2D eigenvalue weighted by Gasteiger charge is -2.14. The van der Waals surface area contributed by atoms with Gasteiger partial charge >= 0.3 is 0 Å². The van der Waals surface area contributed by atoms with Crippen LogP contribution in [0, 0.1) is 17.1 Å². The molecular weight excluding hydrogens is 433 g/mol. The molecule has 2 heterocycles. The molecule has 0 fully saturated rings. The zero-order valence-corrected chi connectivity index (χ0v) is 17.3. The maximum atomic E-state index is 13.5. The van der Waals surface area contributed by atoms with Crippen LogP contribution in [0.4, 0.5) is 4.39 Å². The van der Waals surface area contributed by atoms with Crippen molar-refractivity contribution in [3.05, 3.63) is 90.1 Å². The molecule has 0 saturated heterocycles. The Kier molecular flexibility index (Phi) is 5.73. The second kappa shape index (κ2) is 8.63. The van der Waals surface area contributed by atoms with Gasteiger partial charge in [0, 0.05) is 11.1 Å². The topological polar surface area (TPSA) is 119 Å². The highest BCUT2D eigenvalue weighted by Crippen LogP contribution is 2.35. The van der Waals surface area contributed by atoms with Crippen molar-refractivity contribution in [3.8, 4) is 34.3 Å². The molecule has 0 aliphatic heterocycles. The summed E-state index contributed by atoms with van der Waals surface area (Å²) in [5.74, 6) is 0.241. The summed E-state index contributed by atoms with van der Waals surface area (Å²) in [4.78, 5) is 4.49. The van der Waals surface area contributed by atoms with E-state index in [1.807, 2.05) is 0 Å². The first-order valence-corrected chi connectivity index (χ1v) is 10.9. The van der Waals surface area contributed by atoms with E-state index in [4.69, 9.17) is 14.3 Å². The molecule has 160 valence electrons. The Labute approximate surface area is 183 Å². The Morgan fingerprint density at radius 2 is 1.75 bits per heavy atom. The molecule has 2 aromatic carbocycles. The lowest BCUT2D eigenvalue weighted by Crippen LogP contribution is -2.11. The van der Waals surface area contributed by atoms with E-state index in [0.29, 0.717) is 28.1 Å². The van der Waals surface area contributed by atoms with Crippen molar-refractivity contribution in [2.75, 3.05) is 0 Å².